The molecule has 8 heteroatoms. The van der Waals surface area contributed by atoms with E-state index in [-0.39, 0.29) is 6.54 Å². The molecule has 2 saturated heterocycles. The molecule has 2 aromatic carbocycles. The Balaban J connectivity index is 1.39. The summed E-state index contributed by atoms with van der Waals surface area (Å²) >= 11 is 0. The largest absolute Gasteiger partial charge is 0.379 e. The maximum atomic E-state index is 13.3. The van der Waals surface area contributed by atoms with E-state index in [0.29, 0.717) is 18.5 Å². The first kappa shape index (κ1) is 22.9. The van der Waals surface area contributed by atoms with Crippen LogP contribution in [-0.2, 0) is 26.4 Å². The minimum Gasteiger partial charge on any atom is -0.379 e. The summed E-state index contributed by atoms with van der Waals surface area (Å²) in [5.74, 6) is -0.809. The summed E-state index contributed by atoms with van der Waals surface area (Å²) in [6.45, 7) is 5.78. The quantitative estimate of drug-likeness (QED) is 0.604. The minimum absolute atomic E-state index is 0.335. The van der Waals surface area contributed by atoms with Gasteiger partial charge in [0.1, 0.15) is 12.1 Å². The summed E-state index contributed by atoms with van der Waals surface area (Å²) in [6.07, 6.45) is 1.17. The molecule has 0 spiro atoms. The van der Waals surface area contributed by atoms with Gasteiger partial charge in [-0.15, -0.1) is 0 Å². The van der Waals surface area contributed by atoms with Crippen LogP contribution in [0.3, 0.4) is 0 Å². The molecular formula is C25H30N4O4. The molecule has 33 heavy (non-hydrogen) atoms. The second-order valence-electron chi connectivity index (χ2n) is 8.48. The highest BCUT2D eigenvalue weighted by atomic mass is 16.5. The van der Waals surface area contributed by atoms with Crippen LogP contribution in [0.4, 0.5) is 10.5 Å². The molecule has 174 valence electrons. The van der Waals surface area contributed by atoms with Gasteiger partial charge in [-0.2, -0.15) is 0 Å². The Morgan fingerprint density at radius 1 is 1.06 bits per heavy atom. The lowest BCUT2D eigenvalue weighted by Crippen LogP contribution is -2.44. The Morgan fingerprint density at radius 2 is 1.76 bits per heavy atom. The molecule has 0 saturated carbocycles. The molecule has 2 N–H and O–H groups in total. The van der Waals surface area contributed by atoms with Crippen molar-refractivity contribution in [1.29, 1.82) is 0 Å². The minimum atomic E-state index is -1.13. The third kappa shape index (κ3) is 5.07. The van der Waals surface area contributed by atoms with Crippen molar-refractivity contribution < 1.29 is 19.1 Å². The Labute approximate surface area is 193 Å². The Morgan fingerprint density at radius 3 is 2.42 bits per heavy atom. The first-order valence-electron chi connectivity index (χ1n) is 11.4. The lowest BCUT2D eigenvalue weighted by molar-refractivity contribution is -0.134. The van der Waals surface area contributed by atoms with E-state index in [1.807, 2.05) is 61.5 Å². The predicted molar refractivity (Wildman–Crippen MR) is 124 cm³/mol. The van der Waals surface area contributed by atoms with Crippen molar-refractivity contribution in [1.82, 2.24) is 15.1 Å². The van der Waals surface area contributed by atoms with Crippen LogP contribution >= 0.6 is 0 Å². The highest BCUT2D eigenvalue weighted by Crippen LogP contribution is 2.33. The van der Waals surface area contributed by atoms with E-state index >= 15 is 0 Å². The number of nitrogens with zero attached hydrogens (tertiary/aromatic N) is 2. The van der Waals surface area contributed by atoms with Gasteiger partial charge in [0.15, 0.2) is 0 Å². The zero-order chi connectivity index (χ0) is 23.3. The van der Waals surface area contributed by atoms with Gasteiger partial charge in [-0.1, -0.05) is 55.8 Å². The molecule has 1 unspecified atom stereocenters. The standard InChI is InChI=1S/C25H30N4O4/c1-2-12-25(20-6-4-3-5-7-20)23(31)29(24(32)27-25)18-22(30)26-21-10-8-19(9-11-21)17-28-13-15-33-16-14-28/h3-11H,2,12-18H2,1H3,(H,26,30)(H,27,32). The van der Waals surface area contributed by atoms with Crippen molar-refractivity contribution in [3.63, 3.8) is 0 Å². The summed E-state index contributed by atoms with van der Waals surface area (Å²) < 4.78 is 5.38. The van der Waals surface area contributed by atoms with E-state index in [2.05, 4.69) is 15.5 Å². The fraction of sp³-hybridized carbons (Fsp3) is 0.400. The van der Waals surface area contributed by atoms with Crippen LogP contribution < -0.4 is 10.6 Å². The smallest absolute Gasteiger partial charge is 0.325 e. The molecule has 0 bridgehead atoms. The monoisotopic (exact) mass is 450 g/mol. The highest BCUT2D eigenvalue weighted by Gasteiger charge is 2.52. The fourth-order valence-electron chi connectivity index (χ4n) is 4.43. The second-order valence-corrected chi connectivity index (χ2v) is 8.48. The van der Waals surface area contributed by atoms with Gasteiger partial charge in [0, 0.05) is 25.3 Å². The molecular weight excluding hydrogens is 420 g/mol. The van der Waals surface area contributed by atoms with Gasteiger partial charge in [-0.05, 0) is 29.7 Å². The highest BCUT2D eigenvalue weighted by molar-refractivity contribution is 6.10. The van der Waals surface area contributed by atoms with Crippen LogP contribution in [0, 0.1) is 0 Å². The number of hydrogen-bond donors (Lipinski definition) is 2. The lowest BCUT2D eigenvalue weighted by atomic mass is 9.85. The number of anilines is 1. The van der Waals surface area contributed by atoms with Crippen LogP contribution in [0.15, 0.2) is 54.6 Å². The topological polar surface area (TPSA) is 91.0 Å². The number of carbonyl (C=O) groups excluding carboxylic acids is 3. The van der Waals surface area contributed by atoms with Crippen LogP contribution in [0.1, 0.15) is 30.9 Å². The molecule has 2 aliphatic rings. The average molecular weight is 451 g/mol. The number of nitrogens with one attached hydrogen (secondary N) is 2. The molecule has 2 fully saturated rings. The molecule has 0 radical (unpaired) electrons. The Bertz CT molecular complexity index is 989. The Hall–Kier alpha value is -3.23. The van der Waals surface area contributed by atoms with Crippen molar-refractivity contribution in [2.24, 2.45) is 0 Å². The molecule has 0 aromatic heterocycles. The molecule has 4 amide bonds. The van der Waals surface area contributed by atoms with Crippen molar-refractivity contribution in [3.05, 3.63) is 65.7 Å². The van der Waals surface area contributed by atoms with Gasteiger partial charge in [0.25, 0.3) is 5.91 Å². The third-order valence-electron chi connectivity index (χ3n) is 6.12. The molecule has 2 aromatic rings. The fourth-order valence-corrected chi connectivity index (χ4v) is 4.43. The molecule has 8 nitrogen and oxygen atoms in total. The number of amides is 4. The van der Waals surface area contributed by atoms with E-state index in [0.717, 1.165) is 48.9 Å². The van der Waals surface area contributed by atoms with E-state index < -0.39 is 23.4 Å². The number of hydrogen-bond acceptors (Lipinski definition) is 5. The van der Waals surface area contributed by atoms with Gasteiger partial charge in [0.05, 0.1) is 13.2 Å². The van der Waals surface area contributed by atoms with E-state index in [1.54, 1.807) is 0 Å². The lowest BCUT2D eigenvalue weighted by Gasteiger charge is -2.27. The maximum absolute atomic E-state index is 13.3. The number of rotatable bonds is 8. The predicted octanol–water partition coefficient (Wildman–Crippen LogP) is 2.70. The van der Waals surface area contributed by atoms with E-state index in [9.17, 15) is 14.4 Å². The van der Waals surface area contributed by atoms with Gasteiger partial charge in [-0.3, -0.25) is 19.4 Å². The van der Waals surface area contributed by atoms with Crippen LogP contribution in [0.25, 0.3) is 0 Å². The summed E-state index contributed by atoms with van der Waals surface area (Å²) in [4.78, 5) is 42.0. The van der Waals surface area contributed by atoms with Crippen LogP contribution in [-0.4, -0.2) is 60.5 Å². The number of benzene rings is 2. The van der Waals surface area contributed by atoms with E-state index in [4.69, 9.17) is 4.74 Å². The number of ether oxygens (including phenoxy) is 1. The van der Waals surface area contributed by atoms with E-state index in [1.165, 1.54) is 0 Å². The van der Waals surface area contributed by atoms with Crippen molar-refractivity contribution >= 4 is 23.5 Å². The van der Waals surface area contributed by atoms with Gasteiger partial charge >= 0.3 is 6.03 Å². The molecule has 1 atom stereocenters. The number of urea groups is 1. The van der Waals surface area contributed by atoms with Crippen molar-refractivity contribution in [2.75, 3.05) is 38.2 Å². The summed E-state index contributed by atoms with van der Waals surface area (Å²) in [7, 11) is 0. The summed E-state index contributed by atoms with van der Waals surface area (Å²) in [5.41, 5.74) is 1.37. The van der Waals surface area contributed by atoms with Gasteiger partial charge in [0.2, 0.25) is 5.91 Å². The van der Waals surface area contributed by atoms with Gasteiger partial charge in [-0.25, -0.2) is 4.79 Å². The van der Waals surface area contributed by atoms with Crippen LogP contribution in [0.2, 0.25) is 0 Å². The summed E-state index contributed by atoms with van der Waals surface area (Å²) in [6, 6.07) is 16.3. The number of morpholine rings is 1. The zero-order valence-corrected chi connectivity index (χ0v) is 18.9. The average Bonchev–Trinajstić information content (AvgIpc) is 3.07. The third-order valence-corrected chi connectivity index (χ3v) is 6.12. The number of imide groups is 1. The van der Waals surface area contributed by atoms with Crippen LogP contribution in [0.5, 0.6) is 0 Å². The SMILES string of the molecule is CCCC1(c2ccccc2)NC(=O)N(CC(=O)Nc2ccc(CN3CCOCC3)cc2)C1=O. The normalized spacial score (nSPS) is 21.2. The van der Waals surface area contributed by atoms with Crippen molar-refractivity contribution in [3.8, 4) is 0 Å². The molecule has 2 heterocycles. The maximum Gasteiger partial charge on any atom is 0.325 e. The second kappa shape index (κ2) is 10.1. The first-order chi connectivity index (χ1) is 16.0. The molecule has 2 aliphatic heterocycles. The van der Waals surface area contributed by atoms with Crippen molar-refractivity contribution in [2.45, 2.75) is 31.8 Å². The molecule has 0 aliphatic carbocycles. The first-order valence-corrected chi connectivity index (χ1v) is 11.4. The number of carbonyl (C=O) groups is 3. The molecule has 4 rings (SSSR count). The zero-order valence-electron chi connectivity index (χ0n) is 18.9. The Kier molecular flexibility index (Phi) is 7.05. The summed E-state index contributed by atoms with van der Waals surface area (Å²) in [5, 5.41) is 5.64. The van der Waals surface area contributed by atoms with Gasteiger partial charge < -0.3 is 15.4 Å².